The Morgan fingerprint density at radius 2 is 1.96 bits per heavy atom. The van der Waals surface area contributed by atoms with Crippen molar-refractivity contribution in [1.29, 1.82) is 0 Å². The second kappa shape index (κ2) is 7.51. The number of carbonyl (C=O) groups is 2. The van der Waals surface area contributed by atoms with E-state index in [0.717, 1.165) is 16.5 Å². The van der Waals surface area contributed by atoms with E-state index in [9.17, 15) is 14.7 Å². The van der Waals surface area contributed by atoms with E-state index in [2.05, 4.69) is 29.4 Å². The van der Waals surface area contributed by atoms with Crippen LogP contribution in [-0.4, -0.2) is 28.5 Å². The number of benzene rings is 1. The summed E-state index contributed by atoms with van der Waals surface area (Å²) in [5, 5.41) is 13.3. The molecule has 1 aromatic carbocycles. The van der Waals surface area contributed by atoms with Gasteiger partial charge in [-0.1, -0.05) is 32.0 Å². The van der Waals surface area contributed by atoms with E-state index >= 15 is 0 Å². The number of carbonyl (C=O) groups excluding carboxylic acids is 1. The van der Waals surface area contributed by atoms with Crippen LogP contribution in [0.25, 0.3) is 10.9 Å². The van der Waals surface area contributed by atoms with E-state index in [0.29, 0.717) is 25.7 Å². The van der Waals surface area contributed by atoms with Crippen LogP contribution in [0.4, 0.5) is 0 Å². The number of nitrogens with one attached hydrogen (secondary N) is 2. The third-order valence-electron chi connectivity index (χ3n) is 5.06. The number of aryl methyl sites for hydroxylation is 2. The topological polar surface area (TPSA) is 82.2 Å². The van der Waals surface area contributed by atoms with Gasteiger partial charge in [-0.05, 0) is 37.3 Å². The molecule has 1 aromatic heterocycles. The molecule has 0 fully saturated rings. The summed E-state index contributed by atoms with van der Waals surface area (Å²) in [7, 11) is 0. The molecule has 0 saturated heterocycles. The number of rotatable bonds is 8. The molecule has 5 nitrogen and oxygen atoms in total. The van der Waals surface area contributed by atoms with Crippen molar-refractivity contribution >= 4 is 22.8 Å². The molecule has 0 spiro atoms. The Morgan fingerprint density at radius 1 is 1.25 bits per heavy atom. The van der Waals surface area contributed by atoms with Crippen molar-refractivity contribution in [3.63, 3.8) is 0 Å². The first-order valence-electron chi connectivity index (χ1n) is 8.49. The molecule has 1 heterocycles. The number of fused-ring (bicyclic) bond motifs is 1. The minimum Gasteiger partial charge on any atom is -0.481 e. The summed E-state index contributed by atoms with van der Waals surface area (Å²) in [6.07, 6.45) is 3.93. The molecule has 1 amide bonds. The number of aromatic amines is 1. The molecule has 0 bridgehead atoms. The van der Waals surface area contributed by atoms with Crippen molar-refractivity contribution in [3.05, 3.63) is 35.5 Å². The Hall–Kier alpha value is -2.30. The quantitative estimate of drug-likeness (QED) is 0.693. The fraction of sp³-hybridized carbons (Fsp3) is 0.474. The average molecular weight is 330 g/mol. The van der Waals surface area contributed by atoms with Gasteiger partial charge in [0.2, 0.25) is 5.91 Å². The summed E-state index contributed by atoms with van der Waals surface area (Å²) in [6.45, 7) is 5.92. The van der Waals surface area contributed by atoms with Crippen LogP contribution in [-0.2, 0) is 16.0 Å². The van der Waals surface area contributed by atoms with Crippen molar-refractivity contribution in [2.75, 3.05) is 6.54 Å². The summed E-state index contributed by atoms with van der Waals surface area (Å²) in [5.74, 6) is -0.954. The molecule has 0 saturated carbocycles. The molecular formula is C19H26N2O3. The molecule has 0 radical (unpaired) electrons. The molecule has 3 N–H and O–H groups in total. The van der Waals surface area contributed by atoms with Crippen LogP contribution >= 0.6 is 0 Å². The maximum Gasteiger partial charge on any atom is 0.311 e. The SMILES string of the molecule is CCC(CC)(CNC(=O)CCc1c[nH]c2c(C)cccc12)C(=O)O. The number of aliphatic carboxylic acids is 1. The lowest BCUT2D eigenvalue weighted by atomic mass is 9.82. The predicted molar refractivity (Wildman–Crippen MR) is 95.0 cm³/mol. The number of para-hydroxylation sites is 1. The van der Waals surface area contributed by atoms with Gasteiger partial charge in [-0.2, -0.15) is 0 Å². The molecule has 0 unspecified atom stereocenters. The van der Waals surface area contributed by atoms with Gasteiger partial charge in [-0.25, -0.2) is 0 Å². The summed E-state index contributed by atoms with van der Waals surface area (Å²) in [5.41, 5.74) is 2.53. The fourth-order valence-corrected chi connectivity index (χ4v) is 3.05. The van der Waals surface area contributed by atoms with Crippen LogP contribution in [0.5, 0.6) is 0 Å². The van der Waals surface area contributed by atoms with Crippen molar-refractivity contribution in [2.45, 2.75) is 46.5 Å². The second-order valence-corrected chi connectivity index (χ2v) is 6.38. The minimum absolute atomic E-state index is 0.107. The van der Waals surface area contributed by atoms with E-state index in [-0.39, 0.29) is 12.5 Å². The smallest absolute Gasteiger partial charge is 0.311 e. The predicted octanol–water partition coefficient (Wildman–Crippen LogP) is 3.42. The zero-order chi connectivity index (χ0) is 17.7. The minimum atomic E-state index is -0.868. The lowest BCUT2D eigenvalue weighted by Gasteiger charge is -2.26. The van der Waals surface area contributed by atoms with Crippen LogP contribution in [0.2, 0.25) is 0 Å². The molecule has 0 aliphatic heterocycles. The molecule has 24 heavy (non-hydrogen) atoms. The molecule has 0 aliphatic carbocycles. The van der Waals surface area contributed by atoms with E-state index < -0.39 is 11.4 Å². The molecule has 2 aromatic rings. The number of hydrogen-bond donors (Lipinski definition) is 3. The third kappa shape index (κ3) is 3.61. The largest absolute Gasteiger partial charge is 0.481 e. The van der Waals surface area contributed by atoms with Crippen LogP contribution in [0, 0.1) is 12.3 Å². The van der Waals surface area contributed by atoms with E-state index in [1.165, 1.54) is 5.56 Å². The fourth-order valence-electron chi connectivity index (χ4n) is 3.05. The van der Waals surface area contributed by atoms with Crippen LogP contribution in [0.1, 0.15) is 44.2 Å². The van der Waals surface area contributed by atoms with E-state index in [1.54, 1.807) is 0 Å². The maximum absolute atomic E-state index is 12.1. The Labute approximate surface area is 142 Å². The first-order valence-corrected chi connectivity index (χ1v) is 8.49. The number of H-pyrrole nitrogens is 1. The Kier molecular flexibility index (Phi) is 5.65. The first-order chi connectivity index (χ1) is 11.4. The summed E-state index contributed by atoms with van der Waals surface area (Å²) in [6, 6.07) is 6.12. The van der Waals surface area contributed by atoms with Crippen LogP contribution < -0.4 is 5.32 Å². The molecule has 0 atom stereocenters. The lowest BCUT2D eigenvalue weighted by molar-refractivity contribution is -0.149. The number of hydrogen-bond acceptors (Lipinski definition) is 2. The summed E-state index contributed by atoms with van der Waals surface area (Å²) >= 11 is 0. The molecule has 2 rings (SSSR count). The van der Waals surface area contributed by atoms with Gasteiger partial charge in [-0.15, -0.1) is 0 Å². The van der Waals surface area contributed by atoms with Crippen molar-refractivity contribution in [1.82, 2.24) is 10.3 Å². The summed E-state index contributed by atoms with van der Waals surface area (Å²) < 4.78 is 0. The molecule has 5 heteroatoms. The van der Waals surface area contributed by atoms with Gasteiger partial charge in [-0.3, -0.25) is 9.59 Å². The van der Waals surface area contributed by atoms with Gasteiger partial charge < -0.3 is 15.4 Å². The van der Waals surface area contributed by atoms with Gasteiger partial charge in [0.1, 0.15) is 0 Å². The average Bonchev–Trinajstić information content (AvgIpc) is 2.98. The monoisotopic (exact) mass is 330 g/mol. The first kappa shape index (κ1) is 18.0. The van der Waals surface area contributed by atoms with Crippen LogP contribution in [0.3, 0.4) is 0 Å². The Balaban J connectivity index is 1.95. The Morgan fingerprint density at radius 3 is 2.58 bits per heavy atom. The second-order valence-electron chi connectivity index (χ2n) is 6.38. The van der Waals surface area contributed by atoms with Gasteiger partial charge >= 0.3 is 5.97 Å². The molecule has 130 valence electrons. The van der Waals surface area contributed by atoms with E-state index in [4.69, 9.17) is 0 Å². The van der Waals surface area contributed by atoms with Crippen molar-refractivity contribution in [2.24, 2.45) is 5.41 Å². The highest BCUT2D eigenvalue weighted by Gasteiger charge is 2.35. The molecular weight excluding hydrogens is 304 g/mol. The number of aromatic nitrogens is 1. The standard InChI is InChI=1S/C19H26N2O3/c1-4-19(5-2,18(23)24)12-21-16(22)10-9-14-11-20-17-13(3)7-6-8-15(14)17/h6-8,11,20H,4-5,9-10,12H2,1-3H3,(H,21,22)(H,23,24). The Bertz CT molecular complexity index is 729. The summed E-state index contributed by atoms with van der Waals surface area (Å²) in [4.78, 5) is 26.9. The zero-order valence-corrected chi connectivity index (χ0v) is 14.6. The maximum atomic E-state index is 12.1. The van der Waals surface area contributed by atoms with Crippen molar-refractivity contribution in [3.8, 4) is 0 Å². The highest BCUT2D eigenvalue weighted by molar-refractivity contribution is 5.86. The van der Waals surface area contributed by atoms with Gasteiger partial charge in [0.25, 0.3) is 0 Å². The van der Waals surface area contributed by atoms with E-state index in [1.807, 2.05) is 26.1 Å². The normalized spacial score (nSPS) is 11.6. The molecule has 0 aliphatic rings. The third-order valence-corrected chi connectivity index (χ3v) is 5.06. The number of carboxylic acids is 1. The highest BCUT2D eigenvalue weighted by atomic mass is 16.4. The number of amides is 1. The van der Waals surface area contributed by atoms with Gasteiger partial charge in [0.15, 0.2) is 0 Å². The van der Waals surface area contributed by atoms with Crippen molar-refractivity contribution < 1.29 is 14.7 Å². The zero-order valence-electron chi connectivity index (χ0n) is 14.6. The number of carboxylic acid groups (broad SMARTS) is 1. The van der Waals surface area contributed by atoms with Gasteiger partial charge in [0.05, 0.1) is 5.41 Å². The lowest BCUT2D eigenvalue weighted by Crippen LogP contribution is -2.42. The van der Waals surface area contributed by atoms with Crippen LogP contribution in [0.15, 0.2) is 24.4 Å². The van der Waals surface area contributed by atoms with Gasteiger partial charge in [0, 0.05) is 30.1 Å². The highest BCUT2D eigenvalue weighted by Crippen LogP contribution is 2.26.